The number of hydrogen-bond donors (Lipinski definition) is 1. The van der Waals surface area contributed by atoms with Crippen molar-refractivity contribution in [1.82, 2.24) is 0 Å². The van der Waals surface area contributed by atoms with Crippen LogP contribution < -0.4 is 5.73 Å². The van der Waals surface area contributed by atoms with Crippen LogP contribution in [0.4, 0.5) is 0 Å². The number of nitrogens with two attached hydrogens (primary N) is 1. The summed E-state index contributed by atoms with van der Waals surface area (Å²) >= 11 is 3.49. The van der Waals surface area contributed by atoms with E-state index in [0.29, 0.717) is 0 Å². The summed E-state index contributed by atoms with van der Waals surface area (Å²) < 4.78 is 1.09. The molecule has 0 heterocycles. The van der Waals surface area contributed by atoms with Crippen LogP contribution in [0.3, 0.4) is 0 Å². The van der Waals surface area contributed by atoms with Gasteiger partial charge in [-0.25, -0.2) is 0 Å². The number of allylic oxidation sites excluding steroid dienone is 1. The summed E-state index contributed by atoms with van der Waals surface area (Å²) in [6.07, 6.45) is 0.902. The highest BCUT2D eigenvalue weighted by Crippen LogP contribution is 2.21. The third-order valence-corrected chi connectivity index (χ3v) is 2.47. The van der Waals surface area contributed by atoms with Crippen LogP contribution in [-0.2, 0) is 6.42 Å². The summed E-state index contributed by atoms with van der Waals surface area (Å²) in [6, 6.07) is 6.53. The van der Waals surface area contributed by atoms with Gasteiger partial charge in [-0.1, -0.05) is 34.1 Å². The van der Waals surface area contributed by atoms with Crippen LogP contribution in [-0.4, -0.2) is 6.04 Å². The zero-order valence-electron chi connectivity index (χ0n) is 8.68. The highest BCUT2D eigenvalue weighted by molar-refractivity contribution is 9.10. The Labute approximate surface area is 94.1 Å². The van der Waals surface area contributed by atoms with Crippen molar-refractivity contribution in [3.63, 3.8) is 0 Å². The van der Waals surface area contributed by atoms with Crippen molar-refractivity contribution in [3.8, 4) is 0 Å². The molecule has 0 aliphatic rings. The van der Waals surface area contributed by atoms with E-state index in [2.05, 4.69) is 40.7 Å². The highest BCUT2D eigenvalue weighted by atomic mass is 79.9. The zero-order chi connectivity index (χ0) is 10.7. The molecule has 0 saturated carbocycles. The van der Waals surface area contributed by atoms with E-state index in [9.17, 15) is 0 Å². The van der Waals surface area contributed by atoms with E-state index in [-0.39, 0.29) is 6.04 Å². The molecule has 0 saturated heterocycles. The standard InChI is InChI=1S/C12H16BrN/c1-8(2)11-5-10(4-9(3)14)6-12(13)7-11/h5-7,9H,1,4,14H2,2-3H3. The first kappa shape index (κ1) is 11.5. The van der Waals surface area contributed by atoms with E-state index in [4.69, 9.17) is 5.73 Å². The van der Waals surface area contributed by atoms with Crippen LogP contribution in [0.25, 0.3) is 5.57 Å². The van der Waals surface area contributed by atoms with Crippen molar-refractivity contribution in [1.29, 1.82) is 0 Å². The molecular weight excluding hydrogens is 238 g/mol. The second kappa shape index (κ2) is 4.76. The first-order chi connectivity index (χ1) is 6.49. The minimum Gasteiger partial charge on any atom is -0.328 e. The molecule has 1 atom stereocenters. The van der Waals surface area contributed by atoms with Crippen molar-refractivity contribution in [2.45, 2.75) is 26.3 Å². The largest absolute Gasteiger partial charge is 0.328 e. The predicted molar refractivity (Wildman–Crippen MR) is 66.2 cm³/mol. The molecule has 76 valence electrons. The monoisotopic (exact) mass is 253 g/mol. The third-order valence-electron chi connectivity index (χ3n) is 2.01. The normalized spacial score (nSPS) is 12.6. The summed E-state index contributed by atoms with van der Waals surface area (Å²) in [5.41, 5.74) is 9.28. The summed E-state index contributed by atoms with van der Waals surface area (Å²) in [4.78, 5) is 0. The first-order valence-corrected chi connectivity index (χ1v) is 5.49. The van der Waals surface area contributed by atoms with Crippen LogP contribution in [0.2, 0.25) is 0 Å². The molecule has 0 aliphatic carbocycles. The topological polar surface area (TPSA) is 26.0 Å². The molecule has 1 aromatic rings. The third kappa shape index (κ3) is 3.28. The van der Waals surface area contributed by atoms with Gasteiger partial charge in [0.05, 0.1) is 0 Å². The SMILES string of the molecule is C=C(C)c1cc(Br)cc(CC(C)N)c1. The number of benzene rings is 1. The fraction of sp³-hybridized carbons (Fsp3) is 0.333. The minimum absolute atomic E-state index is 0.197. The molecule has 1 unspecified atom stereocenters. The zero-order valence-corrected chi connectivity index (χ0v) is 10.3. The number of rotatable bonds is 3. The van der Waals surface area contributed by atoms with Crippen molar-refractivity contribution < 1.29 is 0 Å². The highest BCUT2D eigenvalue weighted by Gasteiger charge is 2.02. The quantitative estimate of drug-likeness (QED) is 0.879. The second-order valence-electron chi connectivity index (χ2n) is 3.81. The maximum absolute atomic E-state index is 5.76. The molecule has 14 heavy (non-hydrogen) atoms. The Morgan fingerprint density at radius 1 is 1.50 bits per heavy atom. The maximum Gasteiger partial charge on any atom is 0.0184 e. The van der Waals surface area contributed by atoms with Gasteiger partial charge in [-0.2, -0.15) is 0 Å². The van der Waals surface area contributed by atoms with Crippen LogP contribution in [0.15, 0.2) is 29.3 Å². The molecular formula is C12H16BrN. The van der Waals surface area contributed by atoms with Gasteiger partial charge in [-0.3, -0.25) is 0 Å². The van der Waals surface area contributed by atoms with Gasteiger partial charge in [0.25, 0.3) is 0 Å². The molecule has 0 aromatic heterocycles. The Morgan fingerprint density at radius 2 is 2.14 bits per heavy atom. The molecule has 1 aromatic carbocycles. The van der Waals surface area contributed by atoms with Gasteiger partial charge >= 0.3 is 0 Å². The Kier molecular flexibility index (Phi) is 3.90. The van der Waals surface area contributed by atoms with Gasteiger partial charge in [-0.15, -0.1) is 0 Å². The molecule has 2 N–H and O–H groups in total. The first-order valence-electron chi connectivity index (χ1n) is 4.70. The number of halogens is 1. The molecule has 0 radical (unpaired) electrons. The van der Waals surface area contributed by atoms with Gasteiger partial charge in [-0.05, 0) is 43.5 Å². The molecule has 0 spiro atoms. The van der Waals surface area contributed by atoms with E-state index >= 15 is 0 Å². The van der Waals surface area contributed by atoms with Crippen LogP contribution >= 0.6 is 15.9 Å². The van der Waals surface area contributed by atoms with E-state index in [1.807, 2.05) is 13.8 Å². The summed E-state index contributed by atoms with van der Waals surface area (Å²) in [6.45, 7) is 7.96. The average molecular weight is 254 g/mol. The molecule has 0 fully saturated rings. The van der Waals surface area contributed by atoms with Gasteiger partial charge < -0.3 is 5.73 Å². The Hall–Kier alpha value is -0.600. The lowest BCUT2D eigenvalue weighted by Gasteiger charge is -2.08. The lowest BCUT2D eigenvalue weighted by Crippen LogP contribution is -2.17. The smallest absolute Gasteiger partial charge is 0.0184 e. The Balaban J connectivity index is 3.01. The Bertz CT molecular complexity index is 342. The van der Waals surface area contributed by atoms with E-state index < -0.39 is 0 Å². The molecule has 1 rings (SSSR count). The van der Waals surface area contributed by atoms with Gasteiger partial charge in [0.15, 0.2) is 0 Å². The van der Waals surface area contributed by atoms with Crippen molar-refractivity contribution >= 4 is 21.5 Å². The van der Waals surface area contributed by atoms with Gasteiger partial charge in [0.1, 0.15) is 0 Å². The average Bonchev–Trinajstić information content (AvgIpc) is 2.01. The molecule has 2 heteroatoms. The van der Waals surface area contributed by atoms with Crippen molar-refractivity contribution in [2.75, 3.05) is 0 Å². The van der Waals surface area contributed by atoms with Crippen LogP contribution in [0.5, 0.6) is 0 Å². The summed E-state index contributed by atoms with van der Waals surface area (Å²) in [7, 11) is 0. The van der Waals surface area contributed by atoms with Crippen LogP contribution in [0.1, 0.15) is 25.0 Å². The maximum atomic E-state index is 5.76. The van der Waals surface area contributed by atoms with E-state index in [0.717, 1.165) is 16.5 Å². The summed E-state index contributed by atoms with van der Waals surface area (Å²) in [5.74, 6) is 0. The van der Waals surface area contributed by atoms with Gasteiger partial charge in [0, 0.05) is 10.5 Å². The van der Waals surface area contributed by atoms with E-state index in [1.54, 1.807) is 0 Å². The Morgan fingerprint density at radius 3 is 2.64 bits per heavy atom. The molecule has 0 bridgehead atoms. The fourth-order valence-corrected chi connectivity index (χ4v) is 1.93. The minimum atomic E-state index is 0.197. The number of hydrogen-bond acceptors (Lipinski definition) is 1. The lowest BCUT2D eigenvalue weighted by atomic mass is 10.0. The predicted octanol–water partition coefficient (Wildman–Crippen LogP) is 3.37. The fourth-order valence-electron chi connectivity index (χ4n) is 1.39. The molecule has 0 aliphatic heterocycles. The summed E-state index contributed by atoms with van der Waals surface area (Å²) in [5, 5.41) is 0. The van der Waals surface area contributed by atoms with Crippen molar-refractivity contribution in [2.24, 2.45) is 5.73 Å². The van der Waals surface area contributed by atoms with Crippen LogP contribution in [0, 0.1) is 0 Å². The molecule has 0 amide bonds. The van der Waals surface area contributed by atoms with Crippen molar-refractivity contribution in [3.05, 3.63) is 40.4 Å². The molecule has 1 nitrogen and oxygen atoms in total. The second-order valence-corrected chi connectivity index (χ2v) is 4.73. The lowest BCUT2D eigenvalue weighted by molar-refractivity contribution is 0.737. The van der Waals surface area contributed by atoms with Gasteiger partial charge in [0.2, 0.25) is 0 Å². The van der Waals surface area contributed by atoms with E-state index in [1.165, 1.54) is 11.1 Å².